The number of sulfone groups is 1. The quantitative estimate of drug-likeness (QED) is 0.771. The molecule has 0 bridgehead atoms. The smallest absolute Gasteiger partial charge is 0.149 e. The van der Waals surface area contributed by atoms with Gasteiger partial charge in [0, 0.05) is 12.3 Å². The first-order valence-electron chi connectivity index (χ1n) is 6.70. The molecule has 1 atom stereocenters. The number of hydrogen-bond acceptors (Lipinski definition) is 4. The standard InChI is InChI=1S/C14H22BrNO3S/c1-4-8-19-14-7-6-11(9-12(14)15)13(16-5-2)10-20(3,17)18/h6-7,9,13,16H,4-5,8,10H2,1-3H3. The largest absolute Gasteiger partial charge is 0.492 e. The van der Waals surface area contributed by atoms with Crippen LogP contribution in [0.4, 0.5) is 0 Å². The highest BCUT2D eigenvalue weighted by Crippen LogP contribution is 2.29. The summed E-state index contributed by atoms with van der Waals surface area (Å²) in [7, 11) is -3.04. The minimum atomic E-state index is -3.04. The second kappa shape index (κ2) is 8.00. The zero-order valence-corrected chi connectivity index (χ0v) is 14.6. The van der Waals surface area contributed by atoms with E-state index in [9.17, 15) is 8.42 Å². The molecule has 1 aromatic rings. The molecule has 1 aromatic carbocycles. The zero-order valence-electron chi connectivity index (χ0n) is 12.1. The molecule has 4 nitrogen and oxygen atoms in total. The zero-order chi connectivity index (χ0) is 15.2. The van der Waals surface area contributed by atoms with Crippen LogP contribution in [-0.4, -0.2) is 33.6 Å². The van der Waals surface area contributed by atoms with Crippen LogP contribution in [0.1, 0.15) is 31.9 Å². The van der Waals surface area contributed by atoms with Gasteiger partial charge in [0.2, 0.25) is 0 Å². The van der Waals surface area contributed by atoms with Gasteiger partial charge in [-0.3, -0.25) is 0 Å². The van der Waals surface area contributed by atoms with Crippen LogP contribution in [0.2, 0.25) is 0 Å². The Morgan fingerprint density at radius 1 is 1.35 bits per heavy atom. The van der Waals surface area contributed by atoms with E-state index >= 15 is 0 Å². The molecule has 0 aromatic heterocycles. The van der Waals surface area contributed by atoms with Gasteiger partial charge in [0.25, 0.3) is 0 Å². The molecule has 1 rings (SSSR count). The minimum Gasteiger partial charge on any atom is -0.492 e. The van der Waals surface area contributed by atoms with Crippen molar-refractivity contribution in [2.24, 2.45) is 0 Å². The lowest BCUT2D eigenvalue weighted by molar-refractivity contribution is 0.315. The van der Waals surface area contributed by atoms with Crippen LogP contribution in [0.3, 0.4) is 0 Å². The molecule has 0 heterocycles. The summed E-state index contributed by atoms with van der Waals surface area (Å²) >= 11 is 3.47. The predicted octanol–water partition coefficient (Wildman–Crippen LogP) is 2.93. The molecule has 20 heavy (non-hydrogen) atoms. The van der Waals surface area contributed by atoms with E-state index in [4.69, 9.17) is 4.74 Å². The van der Waals surface area contributed by atoms with Crippen molar-refractivity contribution in [3.63, 3.8) is 0 Å². The van der Waals surface area contributed by atoms with Gasteiger partial charge in [0.1, 0.15) is 15.6 Å². The van der Waals surface area contributed by atoms with Crippen molar-refractivity contribution >= 4 is 25.8 Å². The number of benzene rings is 1. The van der Waals surface area contributed by atoms with Crippen molar-refractivity contribution < 1.29 is 13.2 Å². The molecule has 1 N–H and O–H groups in total. The maximum Gasteiger partial charge on any atom is 0.149 e. The average molecular weight is 364 g/mol. The number of nitrogens with one attached hydrogen (secondary N) is 1. The maximum atomic E-state index is 11.5. The average Bonchev–Trinajstić information content (AvgIpc) is 2.35. The lowest BCUT2D eigenvalue weighted by atomic mass is 10.1. The molecule has 0 saturated carbocycles. The number of halogens is 1. The highest BCUT2D eigenvalue weighted by molar-refractivity contribution is 9.10. The topological polar surface area (TPSA) is 55.4 Å². The third-order valence-electron chi connectivity index (χ3n) is 2.74. The van der Waals surface area contributed by atoms with E-state index in [1.54, 1.807) is 0 Å². The molecule has 0 aliphatic carbocycles. The summed E-state index contributed by atoms with van der Waals surface area (Å²) in [5.74, 6) is 0.868. The van der Waals surface area contributed by atoms with Crippen molar-refractivity contribution in [2.45, 2.75) is 26.3 Å². The Kier molecular flexibility index (Phi) is 6.99. The van der Waals surface area contributed by atoms with E-state index in [-0.39, 0.29) is 11.8 Å². The van der Waals surface area contributed by atoms with Gasteiger partial charge < -0.3 is 10.1 Å². The molecule has 6 heteroatoms. The number of rotatable bonds is 8. The van der Waals surface area contributed by atoms with Gasteiger partial charge in [0.05, 0.1) is 16.8 Å². The Morgan fingerprint density at radius 2 is 2.05 bits per heavy atom. The third-order valence-corrected chi connectivity index (χ3v) is 4.30. The minimum absolute atomic E-state index is 0.0858. The molecule has 0 fully saturated rings. The molecule has 0 amide bonds. The maximum absolute atomic E-state index is 11.5. The molecule has 0 aliphatic rings. The van der Waals surface area contributed by atoms with Crippen LogP contribution < -0.4 is 10.1 Å². The van der Waals surface area contributed by atoms with Gasteiger partial charge in [-0.15, -0.1) is 0 Å². The Bertz CT molecular complexity index is 531. The normalized spacial score (nSPS) is 13.2. The predicted molar refractivity (Wildman–Crippen MR) is 86.1 cm³/mol. The first-order chi connectivity index (χ1) is 9.37. The van der Waals surface area contributed by atoms with Crippen LogP contribution in [0, 0.1) is 0 Å². The third kappa shape index (κ3) is 5.81. The highest BCUT2D eigenvalue weighted by atomic mass is 79.9. The van der Waals surface area contributed by atoms with Gasteiger partial charge in [0.15, 0.2) is 0 Å². The molecule has 0 saturated heterocycles. The summed E-state index contributed by atoms with van der Waals surface area (Å²) in [5, 5.41) is 3.20. The Morgan fingerprint density at radius 3 is 2.55 bits per heavy atom. The fourth-order valence-corrected chi connectivity index (χ4v) is 3.31. The van der Waals surface area contributed by atoms with Crippen molar-refractivity contribution in [2.75, 3.05) is 25.2 Å². The van der Waals surface area contributed by atoms with Crippen molar-refractivity contribution in [1.29, 1.82) is 0 Å². The lowest BCUT2D eigenvalue weighted by Crippen LogP contribution is -2.27. The Hall–Kier alpha value is -0.590. The summed E-state index contributed by atoms with van der Waals surface area (Å²) < 4.78 is 29.5. The summed E-state index contributed by atoms with van der Waals surface area (Å²) in [6.45, 7) is 5.39. The van der Waals surface area contributed by atoms with Crippen molar-refractivity contribution in [3.8, 4) is 5.75 Å². The fourth-order valence-electron chi connectivity index (χ4n) is 1.89. The molecule has 0 spiro atoms. The van der Waals surface area contributed by atoms with Gasteiger partial charge >= 0.3 is 0 Å². The highest BCUT2D eigenvalue weighted by Gasteiger charge is 2.17. The Balaban J connectivity index is 2.94. The van der Waals surface area contributed by atoms with Crippen molar-refractivity contribution in [1.82, 2.24) is 5.32 Å². The molecule has 1 unspecified atom stereocenters. The SMILES string of the molecule is CCCOc1ccc(C(CS(C)(=O)=O)NCC)cc1Br. The monoisotopic (exact) mass is 363 g/mol. The van der Waals surface area contributed by atoms with Gasteiger partial charge in [-0.05, 0) is 46.6 Å². The summed E-state index contributed by atoms with van der Waals surface area (Å²) in [4.78, 5) is 0. The first kappa shape index (κ1) is 17.5. The van der Waals surface area contributed by atoms with Crippen LogP contribution >= 0.6 is 15.9 Å². The van der Waals surface area contributed by atoms with E-state index in [1.165, 1.54) is 6.26 Å². The second-order valence-corrected chi connectivity index (χ2v) is 7.78. The Labute approximate surface area is 130 Å². The van der Waals surface area contributed by atoms with E-state index < -0.39 is 9.84 Å². The van der Waals surface area contributed by atoms with E-state index in [0.29, 0.717) is 13.2 Å². The first-order valence-corrected chi connectivity index (χ1v) is 9.56. The number of ether oxygens (including phenoxy) is 1. The van der Waals surface area contributed by atoms with Gasteiger partial charge in [-0.25, -0.2) is 8.42 Å². The lowest BCUT2D eigenvalue weighted by Gasteiger charge is -2.18. The fraction of sp³-hybridized carbons (Fsp3) is 0.571. The van der Waals surface area contributed by atoms with Crippen molar-refractivity contribution in [3.05, 3.63) is 28.2 Å². The number of hydrogen-bond donors (Lipinski definition) is 1. The van der Waals surface area contributed by atoms with Crippen LogP contribution in [0.15, 0.2) is 22.7 Å². The van der Waals surface area contributed by atoms with Gasteiger partial charge in [-0.1, -0.05) is 19.9 Å². The molecule has 114 valence electrons. The molecule has 0 aliphatic heterocycles. The molecular weight excluding hydrogens is 342 g/mol. The molecular formula is C14H22BrNO3S. The molecule has 0 radical (unpaired) electrons. The van der Waals surface area contributed by atoms with Crippen LogP contribution in [-0.2, 0) is 9.84 Å². The summed E-state index contributed by atoms with van der Waals surface area (Å²) in [6.07, 6.45) is 2.20. The van der Waals surface area contributed by atoms with Crippen LogP contribution in [0.25, 0.3) is 0 Å². The van der Waals surface area contributed by atoms with E-state index in [0.717, 1.165) is 22.2 Å². The summed E-state index contributed by atoms with van der Waals surface area (Å²) in [6, 6.07) is 5.51. The summed E-state index contributed by atoms with van der Waals surface area (Å²) in [5.41, 5.74) is 0.938. The van der Waals surface area contributed by atoms with Crippen LogP contribution in [0.5, 0.6) is 5.75 Å². The van der Waals surface area contributed by atoms with E-state index in [2.05, 4.69) is 28.2 Å². The second-order valence-electron chi connectivity index (χ2n) is 4.74. The van der Waals surface area contributed by atoms with E-state index in [1.807, 2.05) is 25.1 Å². The van der Waals surface area contributed by atoms with Gasteiger partial charge in [-0.2, -0.15) is 0 Å².